The molecule has 0 radical (unpaired) electrons. The summed E-state index contributed by atoms with van der Waals surface area (Å²) < 4.78 is 5.36. The van der Waals surface area contributed by atoms with Crippen LogP contribution in [0.15, 0.2) is 36.4 Å². The van der Waals surface area contributed by atoms with Gasteiger partial charge in [0, 0.05) is 30.0 Å². The minimum absolute atomic E-state index is 0.0269. The van der Waals surface area contributed by atoms with Crippen molar-refractivity contribution >= 4 is 17.3 Å². The smallest absolute Gasteiger partial charge is 0.228 e. The van der Waals surface area contributed by atoms with E-state index in [0.717, 1.165) is 41.2 Å². The van der Waals surface area contributed by atoms with Crippen LogP contribution < -0.4 is 15.0 Å². The third kappa shape index (κ3) is 4.13. The predicted molar refractivity (Wildman–Crippen MR) is 103 cm³/mol. The quantitative estimate of drug-likeness (QED) is 0.893. The summed E-state index contributed by atoms with van der Waals surface area (Å²) in [5.74, 6) is 0.725. The molecule has 1 aliphatic rings. The number of nitrogens with zero attached hydrogens (tertiary/aromatic N) is 1. The molecule has 0 bridgehead atoms. The van der Waals surface area contributed by atoms with Gasteiger partial charge in [0.05, 0.1) is 13.5 Å². The number of methoxy groups -OCH3 is 1. The third-order valence-electron chi connectivity index (χ3n) is 4.74. The van der Waals surface area contributed by atoms with Crippen LogP contribution in [0.25, 0.3) is 0 Å². The fourth-order valence-corrected chi connectivity index (χ4v) is 3.37. The minimum Gasteiger partial charge on any atom is -0.496 e. The molecule has 3 rings (SSSR count). The Bertz CT molecular complexity index is 764. The molecule has 0 aliphatic carbocycles. The summed E-state index contributed by atoms with van der Waals surface area (Å²) in [6.45, 7) is 6.31. The number of rotatable bonds is 5. The summed E-state index contributed by atoms with van der Waals surface area (Å²) in [4.78, 5) is 14.9. The first kappa shape index (κ1) is 17.3. The first-order chi connectivity index (χ1) is 12.1. The molecule has 1 aliphatic heterocycles. The average Bonchev–Trinajstić information content (AvgIpc) is 3.11. The van der Waals surface area contributed by atoms with Gasteiger partial charge in [0.1, 0.15) is 5.75 Å². The van der Waals surface area contributed by atoms with Gasteiger partial charge in [-0.3, -0.25) is 4.79 Å². The number of carbonyl (C=O) groups is 1. The Morgan fingerprint density at radius 2 is 1.88 bits per heavy atom. The maximum absolute atomic E-state index is 12.5. The first-order valence-electron chi connectivity index (χ1n) is 8.86. The van der Waals surface area contributed by atoms with Crippen LogP contribution >= 0.6 is 0 Å². The fourth-order valence-electron chi connectivity index (χ4n) is 3.37. The van der Waals surface area contributed by atoms with E-state index in [2.05, 4.69) is 22.3 Å². The number of hydrogen-bond donors (Lipinski definition) is 1. The molecule has 1 heterocycles. The molecule has 4 heteroatoms. The molecule has 0 saturated carbocycles. The van der Waals surface area contributed by atoms with Gasteiger partial charge in [0.2, 0.25) is 5.91 Å². The van der Waals surface area contributed by atoms with Gasteiger partial charge in [-0.25, -0.2) is 0 Å². The van der Waals surface area contributed by atoms with Crippen LogP contribution in [0.5, 0.6) is 5.75 Å². The lowest BCUT2D eigenvalue weighted by Crippen LogP contribution is -2.18. The van der Waals surface area contributed by atoms with Crippen molar-refractivity contribution in [3.8, 4) is 5.75 Å². The molecule has 2 aromatic rings. The van der Waals surface area contributed by atoms with Crippen molar-refractivity contribution in [3.63, 3.8) is 0 Å². The highest BCUT2D eigenvalue weighted by Crippen LogP contribution is 2.26. The van der Waals surface area contributed by atoms with E-state index in [9.17, 15) is 4.79 Å². The number of benzene rings is 2. The minimum atomic E-state index is -0.0269. The van der Waals surface area contributed by atoms with Gasteiger partial charge in [0.15, 0.2) is 0 Å². The van der Waals surface area contributed by atoms with Crippen molar-refractivity contribution < 1.29 is 9.53 Å². The summed E-state index contributed by atoms with van der Waals surface area (Å²) in [6, 6.07) is 12.2. The van der Waals surface area contributed by atoms with Gasteiger partial charge in [-0.15, -0.1) is 0 Å². The molecule has 1 saturated heterocycles. The van der Waals surface area contributed by atoms with E-state index in [-0.39, 0.29) is 5.91 Å². The molecule has 0 unspecified atom stereocenters. The number of carbonyl (C=O) groups excluding carboxylic acids is 1. The lowest BCUT2D eigenvalue weighted by atomic mass is 10.1. The molecule has 25 heavy (non-hydrogen) atoms. The summed E-state index contributed by atoms with van der Waals surface area (Å²) in [5.41, 5.74) is 5.24. The first-order valence-corrected chi connectivity index (χ1v) is 8.86. The second kappa shape index (κ2) is 7.60. The van der Waals surface area contributed by atoms with Crippen molar-refractivity contribution in [2.24, 2.45) is 0 Å². The van der Waals surface area contributed by atoms with Gasteiger partial charge in [-0.2, -0.15) is 0 Å². The summed E-state index contributed by atoms with van der Waals surface area (Å²) in [7, 11) is 1.63. The number of amides is 1. The molecule has 4 nitrogen and oxygen atoms in total. The van der Waals surface area contributed by atoms with Crippen molar-refractivity contribution in [2.45, 2.75) is 33.1 Å². The lowest BCUT2D eigenvalue weighted by Gasteiger charge is -2.19. The zero-order chi connectivity index (χ0) is 17.8. The van der Waals surface area contributed by atoms with Crippen LogP contribution in [0.1, 0.15) is 29.5 Å². The fraction of sp³-hybridized carbons (Fsp3) is 0.381. The monoisotopic (exact) mass is 338 g/mol. The highest BCUT2D eigenvalue weighted by molar-refractivity contribution is 5.93. The van der Waals surface area contributed by atoms with Gasteiger partial charge in [-0.1, -0.05) is 17.7 Å². The summed E-state index contributed by atoms with van der Waals surface area (Å²) >= 11 is 0. The van der Waals surface area contributed by atoms with Crippen LogP contribution in [-0.2, 0) is 11.2 Å². The molecule has 1 amide bonds. The Labute approximate surface area is 149 Å². The Kier molecular flexibility index (Phi) is 5.27. The van der Waals surface area contributed by atoms with Gasteiger partial charge in [0.25, 0.3) is 0 Å². The van der Waals surface area contributed by atoms with Gasteiger partial charge in [-0.05, 0) is 56.5 Å². The molecule has 0 aromatic heterocycles. The SMILES string of the molecule is COc1ccc(C)cc1CC(=O)Nc1ccc(N2CCCC2)cc1C. The van der Waals surface area contributed by atoms with Crippen LogP contribution in [-0.4, -0.2) is 26.1 Å². The highest BCUT2D eigenvalue weighted by atomic mass is 16.5. The number of ether oxygens (including phenoxy) is 1. The molecular formula is C21H26N2O2. The van der Waals surface area contributed by atoms with E-state index in [1.165, 1.54) is 18.5 Å². The number of anilines is 2. The van der Waals surface area contributed by atoms with Gasteiger partial charge < -0.3 is 15.0 Å². The molecule has 0 spiro atoms. The molecular weight excluding hydrogens is 312 g/mol. The largest absolute Gasteiger partial charge is 0.496 e. The number of aryl methyl sites for hydroxylation is 2. The Balaban J connectivity index is 1.69. The molecule has 1 N–H and O–H groups in total. The third-order valence-corrected chi connectivity index (χ3v) is 4.74. The molecule has 2 aromatic carbocycles. The van der Waals surface area contributed by atoms with E-state index in [1.54, 1.807) is 7.11 Å². The second-order valence-corrected chi connectivity index (χ2v) is 6.73. The topological polar surface area (TPSA) is 41.6 Å². The van der Waals surface area contributed by atoms with E-state index in [1.807, 2.05) is 38.1 Å². The van der Waals surface area contributed by atoms with Crippen molar-refractivity contribution in [1.29, 1.82) is 0 Å². The van der Waals surface area contributed by atoms with Gasteiger partial charge >= 0.3 is 0 Å². The average molecular weight is 338 g/mol. The molecule has 132 valence electrons. The highest BCUT2D eigenvalue weighted by Gasteiger charge is 2.14. The summed E-state index contributed by atoms with van der Waals surface area (Å²) in [6.07, 6.45) is 2.82. The molecule has 1 fully saturated rings. The van der Waals surface area contributed by atoms with E-state index in [4.69, 9.17) is 4.74 Å². The number of nitrogens with one attached hydrogen (secondary N) is 1. The second-order valence-electron chi connectivity index (χ2n) is 6.73. The standard InChI is InChI=1S/C21H26N2O2/c1-15-6-9-20(25-3)17(12-15)14-21(24)22-19-8-7-18(13-16(19)2)23-10-4-5-11-23/h6-9,12-13H,4-5,10-11,14H2,1-3H3,(H,22,24). The van der Waals surface area contributed by atoms with E-state index >= 15 is 0 Å². The number of hydrogen-bond acceptors (Lipinski definition) is 3. The van der Waals surface area contributed by atoms with Crippen LogP contribution in [0, 0.1) is 13.8 Å². The zero-order valence-electron chi connectivity index (χ0n) is 15.3. The van der Waals surface area contributed by atoms with Crippen molar-refractivity contribution in [1.82, 2.24) is 0 Å². The normalized spacial score (nSPS) is 13.8. The van der Waals surface area contributed by atoms with E-state index in [0.29, 0.717) is 6.42 Å². The molecule has 0 atom stereocenters. The predicted octanol–water partition coefficient (Wildman–Crippen LogP) is 4.09. The Morgan fingerprint density at radius 1 is 1.12 bits per heavy atom. The van der Waals surface area contributed by atoms with Crippen LogP contribution in [0.4, 0.5) is 11.4 Å². The lowest BCUT2D eigenvalue weighted by molar-refractivity contribution is -0.115. The zero-order valence-corrected chi connectivity index (χ0v) is 15.3. The maximum Gasteiger partial charge on any atom is 0.228 e. The van der Waals surface area contributed by atoms with Crippen molar-refractivity contribution in [3.05, 3.63) is 53.1 Å². The van der Waals surface area contributed by atoms with E-state index < -0.39 is 0 Å². The van der Waals surface area contributed by atoms with Crippen LogP contribution in [0.2, 0.25) is 0 Å². The summed E-state index contributed by atoms with van der Waals surface area (Å²) in [5, 5.41) is 3.03. The Hall–Kier alpha value is -2.49. The maximum atomic E-state index is 12.5. The Morgan fingerprint density at radius 3 is 2.56 bits per heavy atom. The van der Waals surface area contributed by atoms with Crippen LogP contribution in [0.3, 0.4) is 0 Å². The van der Waals surface area contributed by atoms with Crippen molar-refractivity contribution in [2.75, 3.05) is 30.4 Å².